The molecule has 1 unspecified atom stereocenters. The van der Waals surface area contributed by atoms with Crippen molar-refractivity contribution in [3.63, 3.8) is 0 Å². The van der Waals surface area contributed by atoms with Crippen molar-refractivity contribution in [1.29, 1.82) is 0 Å². The van der Waals surface area contributed by atoms with E-state index in [0.29, 0.717) is 29.7 Å². The maximum absolute atomic E-state index is 11.0. The molecule has 1 aliphatic heterocycles. The van der Waals surface area contributed by atoms with Gasteiger partial charge in [0.25, 0.3) is 5.69 Å². The number of nitrogens with zero attached hydrogens (tertiary/aromatic N) is 2. The summed E-state index contributed by atoms with van der Waals surface area (Å²) in [5, 5.41) is 20.9. The van der Waals surface area contributed by atoms with Crippen LogP contribution in [0.4, 0.5) is 11.4 Å². The monoisotopic (exact) mass is 300 g/mol. The number of anilines is 1. The van der Waals surface area contributed by atoms with Crippen molar-refractivity contribution in [3.8, 4) is 0 Å². The Bertz CT molecular complexity index is 462. The Kier molecular flexibility index (Phi) is 3.09. The third kappa shape index (κ3) is 2.58. The second kappa shape index (κ2) is 4.27. The molecule has 5 nitrogen and oxygen atoms in total. The molecule has 0 saturated carbocycles. The van der Waals surface area contributed by atoms with E-state index in [1.807, 2.05) is 4.90 Å². The second-order valence-corrected chi connectivity index (χ2v) is 5.47. The van der Waals surface area contributed by atoms with Gasteiger partial charge in [-0.05, 0) is 25.5 Å². The fourth-order valence-electron chi connectivity index (χ4n) is 2.06. The first-order valence-electron chi connectivity index (χ1n) is 5.30. The van der Waals surface area contributed by atoms with Gasteiger partial charge in [-0.15, -0.1) is 0 Å². The van der Waals surface area contributed by atoms with E-state index < -0.39 is 10.5 Å². The van der Waals surface area contributed by atoms with E-state index >= 15 is 0 Å². The van der Waals surface area contributed by atoms with Gasteiger partial charge in [-0.3, -0.25) is 10.1 Å². The van der Waals surface area contributed by atoms with E-state index in [4.69, 9.17) is 0 Å². The molecular formula is C11H13BrN2O3. The number of halogens is 1. The highest BCUT2D eigenvalue weighted by atomic mass is 79.9. The van der Waals surface area contributed by atoms with Gasteiger partial charge in [0.15, 0.2) is 0 Å². The maximum Gasteiger partial charge on any atom is 0.293 e. The summed E-state index contributed by atoms with van der Waals surface area (Å²) in [6, 6.07) is 4.97. The van der Waals surface area contributed by atoms with Crippen LogP contribution in [0.2, 0.25) is 0 Å². The summed E-state index contributed by atoms with van der Waals surface area (Å²) in [6.45, 7) is 2.81. The number of rotatable bonds is 2. The van der Waals surface area contributed by atoms with Crippen LogP contribution < -0.4 is 4.90 Å². The number of nitro groups is 1. The van der Waals surface area contributed by atoms with Gasteiger partial charge in [0.1, 0.15) is 5.69 Å². The van der Waals surface area contributed by atoms with E-state index in [1.54, 1.807) is 19.1 Å². The van der Waals surface area contributed by atoms with Crippen molar-refractivity contribution in [2.75, 3.05) is 18.0 Å². The molecule has 0 spiro atoms. The van der Waals surface area contributed by atoms with E-state index in [1.165, 1.54) is 6.07 Å². The van der Waals surface area contributed by atoms with Crippen molar-refractivity contribution in [1.82, 2.24) is 0 Å². The van der Waals surface area contributed by atoms with Crippen LogP contribution in [0, 0.1) is 10.1 Å². The number of benzene rings is 1. The lowest BCUT2D eigenvalue weighted by Crippen LogP contribution is -2.29. The number of nitro benzene ring substituents is 1. The smallest absolute Gasteiger partial charge is 0.293 e. The molecule has 6 heteroatoms. The third-order valence-corrected chi connectivity index (χ3v) is 3.42. The zero-order valence-corrected chi connectivity index (χ0v) is 11.0. The minimum Gasteiger partial charge on any atom is -0.388 e. The fourth-order valence-corrected chi connectivity index (χ4v) is 2.41. The van der Waals surface area contributed by atoms with Gasteiger partial charge in [-0.2, -0.15) is 0 Å². The summed E-state index contributed by atoms with van der Waals surface area (Å²) in [5.74, 6) is 0. The van der Waals surface area contributed by atoms with Gasteiger partial charge in [0.2, 0.25) is 0 Å². The van der Waals surface area contributed by atoms with Crippen LogP contribution in [0.5, 0.6) is 0 Å². The van der Waals surface area contributed by atoms with Crippen LogP contribution in [-0.4, -0.2) is 28.7 Å². The van der Waals surface area contributed by atoms with Crippen molar-refractivity contribution in [2.24, 2.45) is 0 Å². The molecule has 1 atom stereocenters. The molecule has 0 bridgehead atoms. The van der Waals surface area contributed by atoms with Gasteiger partial charge < -0.3 is 10.0 Å². The number of aliphatic hydroxyl groups is 1. The largest absolute Gasteiger partial charge is 0.388 e. The Morgan fingerprint density at radius 2 is 2.29 bits per heavy atom. The van der Waals surface area contributed by atoms with E-state index in [9.17, 15) is 15.2 Å². The van der Waals surface area contributed by atoms with Crippen LogP contribution in [0.25, 0.3) is 0 Å². The number of β-amino-alcohol motifs (C(OH)–C–C–N with tert-alkyl or cyclic N) is 1. The molecule has 1 aromatic carbocycles. The molecule has 0 amide bonds. The minimum atomic E-state index is -0.763. The fraction of sp³-hybridized carbons (Fsp3) is 0.455. The number of hydrogen-bond donors (Lipinski definition) is 1. The summed E-state index contributed by atoms with van der Waals surface area (Å²) < 4.78 is 0.680. The molecule has 2 rings (SSSR count). The normalized spacial score (nSPS) is 24.1. The Balaban J connectivity index is 2.36. The zero-order chi connectivity index (χ0) is 12.6. The molecule has 17 heavy (non-hydrogen) atoms. The van der Waals surface area contributed by atoms with Crippen LogP contribution in [0.1, 0.15) is 13.3 Å². The molecule has 1 aromatic rings. The predicted octanol–water partition coefficient (Wildman–Crippen LogP) is 2.32. The van der Waals surface area contributed by atoms with Gasteiger partial charge in [-0.25, -0.2) is 0 Å². The molecule has 0 radical (unpaired) electrons. The molecule has 1 N–H and O–H groups in total. The van der Waals surface area contributed by atoms with Gasteiger partial charge >= 0.3 is 0 Å². The van der Waals surface area contributed by atoms with Crippen molar-refractivity contribution in [2.45, 2.75) is 18.9 Å². The summed E-state index contributed by atoms with van der Waals surface area (Å²) >= 11 is 3.22. The van der Waals surface area contributed by atoms with E-state index in [2.05, 4.69) is 15.9 Å². The Morgan fingerprint density at radius 1 is 1.59 bits per heavy atom. The minimum absolute atomic E-state index is 0.0667. The molecule has 1 fully saturated rings. The molecule has 1 heterocycles. The molecule has 0 aliphatic carbocycles. The maximum atomic E-state index is 11.0. The first kappa shape index (κ1) is 12.3. The Labute approximate surface area is 107 Å². The zero-order valence-electron chi connectivity index (χ0n) is 9.39. The lowest BCUT2D eigenvalue weighted by molar-refractivity contribution is -0.384. The molecule has 92 valence electrons. The molecule has 1 aliphatic rings. The van der Waals surface area contributed by atoms with Gasteiger partial charge in [0, 0.05) is 23.6 Å². The van der Waals surface area contributed by atoms with Crippen LogP contribution in [0.3, 0.4) is 0 Å². The van der Waals surface area contributed by atoms with E-state index in [-0.39, 0.29) is 5.69 Å². The summed E-state index contributed by atoms with van der Waals surface area (Å²) in [5.41, 5.74) is -0.131. The molecule has 1 saturated heterocycles. The van der Waals surface area contributed by atoms with Crippen LogP contribution >= 0.6 is 15.9 Å². The Morgan fingerprint density at radius 3 is 2.82 bits per heavy atom. The lowest BCUT2D eigenvalue weighted by Gasteiger charge is -2.20. The van der Waals surface area contributed by atoms with Crippen molar-refractivity contribution < 1.29 is 10.0 Å². The predicted molar refractivity (Wildman–Crippen MR) is 68.3 cm³/mol. The first-order chi connectivity index (χ1) is 7.89. The second-order valence-electron chi connectivity index (χ2n) is 4.56. The highest BCUT2D eigenvalue weighted by molar-refractivity contribution is 9.10. The van der Waals surface area contributed by atoms with Crippen molar-refractivity contribution >= 4 is 27.3 Å². The standard InChI is InChI=1S/C11H13BrN2O3/c1-11(15)4-5-13(7-11)9-3-2-8(12)6-10(9)14(16)17/h2-3,6,15H,4-5,7H2,1H3. The Hall–Kier alpha value is -1.14. The first-order valence-corrected chi connectivity index (χ1v) is 6.10. The third-order valence-electron chi connectivity index (χ3n) is 2.93. The topological polar surface area (TPSA) is 66.6 Å². The summed E-state index contributed by atoms with van der Waals surface area (Å²) in [7, 11) is 0. The highest BCUT2D eigenvalue weighted by Gasteiger charge is 2.34. The quantitative estimate of drug-likeness (QED) is 0.672. The van der Waals surface area contributed by atoms with Crippen molar-refractivity contribution in [3.05, 3.63) is 32.8 Å². The summed E-state index contributed by atoms with van der Waals surface area (Å²) in [4.78, 5) is 12.4. The number of hydrogen-bond acceptors (Lipinski definition) is 4. The van der Waals surface area contributed by atoms with Crippen LogP contribution in [-0.2, 0) is 0 Å². The molecule has 0 aromatic heterocycles. The van der Waals surface area contributed by atoms with Crippen LogP contribution in [0.15, 0.2) is 22.7 Å². The molecular weight excluding hydrogens is 288 g/mol. The van der Waals surface area contributed by atoms with E-state index in [0.717, 1.165) is 0 Å². The van der Waals surface area contributed by atoms with Gasteiger partial charge in [-0.1, -0.05) is 15.9 Å². The highest BCUT2D eigenvalue weighted by Crippen LogP contribution is 2.35. The average molecular weight is 301 g/mol. The lowest BCUT2D eigenvalue weighted by atomic mass is 10.1. The SMILES string of the molecule is CC1(O)CCN(c2ccc(Br)cc2[N+](=O)[O-])C1. The van der Waals surface area contributed by atoms with Gasteiger partial charge in [0.05, 0.1) is 10.5 Å². The average Bonchev–Trinajstić information content (AvgIpc) is 2.58. The summed E-state index contributed by atoms with van der Waals surface area (Å²) in [6.07, 6.45) is 0.625.